The maximum atomic E-state index is 13.3. The lowest BCUT2D eigenvalue weighted by Gasteiger charge is -2.20. The number of para-hydroxylation sites is 2. The fraction of sp³-hybridized carbons (Fsp3) is 0.140. The molecule has 51 heavy (non-hydrogen) atoms. The Morgan fingerprint density at radius 2 is 1.24 bits per heavy atom. The Balaban J connectivity index is 0.000000187. The minimum atomic E-state index is -0.267. The Labute approximate surface area is 303 Å². The van der Waals surface area contributed by atoms with Gasteiger partial charge in [-0.05, 0) is 121 Å². The number of hydrogen-bond donors (Lipinski definition) is 1. The largest absolute Gasteiger partial charge is 0.360 e. The third-order valence-electron chi connectivity index (χ3n) is 9.34. The monoisotopic (exact) mass is 737 g/mol. The lowest BCUT2D eigenvalue weighted by molar-refractivity contribution is 0.102. The van der Waals surface area contributed by atoms with Crippen LogP contribution in [0.4, 0.5) is 0 Å². The first-order valence-corrected chi connectivity index (χ1v) is 17.3. The SMILES string of the molecule is Cc1ccc(C(=O)c2c[nH]c3ccccc3c2=O)cc1C.Cc1ccc(C(=O)c2cn(C(C)c3cccc(Br)n3)c3ccccc3c2=O)cc1C. The zero-order valence-corrected chi connectivity index (χ0v) is 30.5. The highest BCUT2D eigenvalue weighted by Gasteiger charge is 2.21. The molecule has 0 aliphatic carbocycles. The van der Waals surface area contributed by atoms with Crippen molar-refractivity contribution in [3.63, 3.8) is 0 Å². The van der Waals surface area contributed by atoms with Gasteiger partial charge in [0.2, 0.25) is 10.9 Å². The Morgan fingerprint density at radius 1 is 0.667 bits per heavy atom. The first-order valence-electron chi connectivity index (χ1n) is 16.5. The van der Waals surface area contributed by atoms with Crippen LogP contribution in [0, 0.1) is 27.7 Å². The summed E-state index contributed by atoms with van der Waals surface area (Å²) in [5, 5.41) is 1.06. The van der Waals surface area contributed by atoms with Crippen LogP contribution in [0.3, 0.4) is 0 Å². The summed E-state index contributed by atoms with van der Waals surface area (Å²) in [4.78, 5) is 59.1. The number of aromatic nitrogens is 3. The summed E-state index contributed by atoms with van der Waals surface area (Å²) in [6.07, 6.45) is 3.18. The molecular formula is C43H36BrN3O4. The van der Waals surface area contributed by atoms with E-state index < -0.39 is 0 Å². The molecule has 7 aromatic rings. The minimum absolute atomic E-state index is 0.166. The smallest absolute Gasteiger partial charge is 0.200 e. The summed E-state index contributed by atoms with van der Waals surface area (Å²) < 4.78 is 2.70. The summed E-state index contributed by atoms with van der Waals surface area (Å²) in [6, 6.07) is 31.2. The maximum absolute atomic E-state index is 13.3. The molecule has 0 fully saturated rings. The summed E-state index contributed by atoms with van der Waals surface area (Å²) in [5.74, 6) is -0.512. The van der Waals surface area contributed by atoms with E-state index in [9.17, 15) is 19.2 Å². The highest BCUT2D eigenvalue weighted by atomic mass is 79.9. The minimum Gasteiger partial charge on any atom is -0.360 e. The predicted octanol–water partition coefficient (Wildman–Crippen LogP) is 8.99. The quantitative estimate of drug-likeness (QED) is 0.136. The molecule has 1 atom stereocenters. The standard InChI is InChI=1S/C25H21BrN2O2.C18H15NO2/c1-15-11-12-18(13-16(15)2)24(29)20-14-28(17(3)21-8-6-10-23(26)27-21)22-9-5-4-7-19(22)25(20)30;1-11-7-8-13(9-12(11)2)17(20)15-10-19-16-6-4-3-5-14(16)18(15)21/h4-14,17H,1-3H3;3-10H,1-2H3,(H,19,21). The number of carbonyl (C=O) groups excluding carboxylic acids is 2. The van der Waals surface area contributed by atoms with Crippen molar-refractivity contribution in [2.24, 2.45) is 0 Å². The van der Waals surface area contributed by atoms with E-state index in [-0.39, 0.29) is 39.6 Å². The van der Waals surface area contributed by atoms with Crippen molar-refractivity contribution < 1.29 is 9.59 Å². The van der Waals surface area contributed by atoms with E-state index in [0.717, 1.165) is 43.6 Å². The molecule has 0 bridgehead atoms. The Bertz CT molecular complexity index is 2600. The van der Waals surface area contributed by atoms with Crippen LogP contribution in [0.1, 0.15) is 72.8 Å². The van der Waals surface area contributed by atoms with Gasteiger partial charge in [-0.1, -0.05) is 54.6 Å². The van der Waals surface area contributed by atoms with Crippen LogP contribution in [0.5, 0.6) is 0 Å². The van der Waals surface area contributed by atoms with E-state index >= 15 is 0 Å². The van der Waals surface area contributed by atoms with E-state index in [1.54, 1.807) is 36.5 Å². The highest BCUT2D eigenvalue weighted by Crippen LogP contribution is 2.24. The van der Waals surface area contributed by atoms with Crippen molar-refractivity contribution in [1.29, 1.82) is 0 Å². The van der Waals surface area contributed by atoms with E-state index in [4.69, 9.17) is 0 Å². The van der Waals surface area contributed by atoms with Crippen LogP contribution in [0.15, 0.2) is 130 Å². The van der Waals surface area contributed by atoms with Crippen LogP contribution in [-0.4, -0.2) is 26.1 Å². The van der Waals surface area contributed by atoms with Gasteiger partial charge in [0.25, 0.3) is 0 Å². The molecule has 1 N–H and O–H groups in total. The Hall–Kier alpha value is -5.73. The van der Waals surface area contributed by atoms with Gasteiger partial charge in [0.15, 0.2) is 11.6 Å². The van der Waals surface area contributed by atoms with Gasteiger partial charge in [0.1, 0.15) is 4.60 Å². The van der Waals surface area contributed by atoms with E-state index in [1.165, 1.54) is 6.20 Å². The van der Waals surface area contributed by atoms with Gasteiger partial charge in [-0.15, -0.1) is 0 Å². The molecule has 7 nitrogen and oxygen atoms in total. The van der Waals surface area contributed by atoms with Gasteiger partial charge in [-0.2, -0.15) is 0 Å². The molecule has 0 aliphatic heterocycles. The zero-order chi connectivity index (χ0) is 36.4. The number of hydrogen-bond acceptors (Lipinski definition) is 5. The fourth-order valence-electron chi connectivity index (χ4n) is 6.00. The van der Waals surface area contributed by atoms with Gasteiger partial charge in [-0.25, -0.2) is 4.98 Å². The molecule has 0 spiro atoms. The first-order chi connectivity index (χ1) is 24.4. The Morgan fingerprint density at radius 3 is 1.86 bits per heavy atom. The summed E-state index contributed by atoms with van der Waals surface area (Å²) in [7, 11) is 0. The molecule has 7 rings (SSSR count). The second kappa shape index (κ2) is 14.6. The molecule has 3 aromatic heterocycles. The van der Waals surface area contributed by atoms with Crippen LogP contribution in [-0.2, 0) is 0 Å². The van der Waals surface area contributed by atoms with Crippen LogP contribution in [0.25, 0.3) is 21.8 Å². The topological polar surface area (TPSA) is 102 Å². The second-order valence-electron chi connectivity index (χ2n) is 12.7. The third kappa shape index (κ3) is 7.14. The number of carbonyl (C=O) groups is 2. The lowest BCUT2D eigenvalue weighted by Crippen LogP contribution is -2.22. The number of aromatic amines is 1. The summed E-state index contributed by atoms with van der Waals surface area (Å²) in [6.45, 7) is 9.92. The molecule has 8 heteroatoms. The van der Waals surface area contributed by atoms with Crippen molar-refractivity contribution in [3.8, 4) is 0 Å². The third-order valence-corrected chi connectivity index (χ3v) is 9.78. The van der Waals surface area contributed by atoms with Gasteiger partial charge in [0.05, 0.1) is 28.4 Å². The summed E-state index contributed by atoms with van der Waals surface area (Å²) >= 11 is 3.42. The van der Waals surface area contributed by atoms with Gasteiger partial charge in [0, 0.05) is 39.8 Å². The number of nitrogens with one attached hydrogen (secondary N) is 1. The van der Waals surface area contributed by atoms with Crippen molar-refractivity contribution in [2.45, 2.75) is 40.7 Å². The average Bonchev–Trinajstić information content (AvgIpc) is 3.14. The van der Waals surface area contributed by atoms with E-state index in [1.807, 2.05) is 112 Å². The first kappa shape index (κ1) is 35.1. The van der Waals surface area contributed by atoms with Gasteiger partial charge in [-0.3, -0.25) is 19.2 Å². The van der Waals surface area contributed by atoms with Gasteiger partial charge < -0.3 is 9.55 Å². The molecule has 3 heterocycles. The van der Waals surface area contributed by atoms with Crippen LogP contribution in [0.2, 0.25) is 0 Å². The van der Waals surface area contributed by atoms with E-state index in [2.05, 4.69) is 25.9 Å². The molecular weight excluding hydrogens is 702 g/mol. The molecule has 0 saturated carbocycles. The number of halogens is 1. The summed E-state index contributed by atoms with van der Waals surface area (Å²) in [5.41, 5.74) is 7.56. The van der Waals surface area contributed by atoms with Crippen molar-refractivity contribution in [3.05, 3.63) is 191 Å². The van der Waals surface area contributed by atoms with Crippen molar-refractivity contribution in [1.82, 2.24) is 14.5 Å². The number of H-pyrrole nitrogens is 1. The molecule has 4 aromatic carbocycles. The maximum Gasteiger partial charge on any atom is 0.200 e. The van der Waals surface area contributed by atoms with Gasteiger partial charge >= 0.3 is 0 Å². The van der Waals surface area contributed by atoms with Crippen LogP contribution >= 0.6 is 15.9 Å². The molecule has 0 aliphatic rings. The highest BCUT2D eigenvalue weighted by molar-refractivity contribution is 9.10. The number of benzene rings is 4. The second-order valence-corrected chi connectivity index (χ2v) is 13.5. The molecule has 0 amide bonds. The molecule has 1 unspecified atom stereocenters. The number of fused-ring (bicyclic) bond motifs is 2. The fourth-order valence-corrected chi connectivity index (χ4v) is 6.35. The number of ketones is 2. The number of pyridine rings is 3. The van der Waals surface area contributed by atoms with Crippen LogP contribution < -0.4 is 10.9 Å². The number of aryl methyl sites for hydroxylation is 4. The molecule has 0 saturated heterocycles. The predicted molar refractivity (Wildman–Crippen MR) is 207 cm³/mol. The van der Waals surface area contributed by atoms with E-state index in [0.29, 0.717) is 21.9 Å². The average molecular weight is 739 g/mol. The molecule has 0 radical (unpaired) electrons. The Kier molecular flexibility index (Phi) is 10.1. The lowest BCUT2D eigenvalue weighted by atomic mass is 9.98. The normalized spacial score (nSPS) is 11.6. The number of nitrogens with zero attached hydrogens (tertiary/aromatic N) is 2. The van der Waals surface area contributed by atoms with Crippen molar-refractivity contribution in [2.75, 3.05) is 0 Å². The van der Waals surface area contributed by atoms with Crippen molar-refractivity contribution >= 4 is 49.3 Å². The zero-order valence-electron chi connectivity index (χ0n) is 29.0. The number of rotatable bonds is 6. The molecule has 254 valence electrons.